The molecule has 2 amide bonds. The molecule has 178 valence electrons. The lowest BCUT2D eigenvalue weighted by Gasteiger charge is -2.22. The van der Waals surface area contributed by atoms with Gasteiger partial charge >= 0.3 is 0 Å². The number of hydrogen-bond donors (Lipinski definition) is 4. The van der Waals surface area contributed by atoms with Crippen molar-refractivity contribution in [1.82, 2.24) is 10.6 Å². The monoisotopic (exact) mass is 464 g/mol. The van der Waals surface area contributed by atoms with E-state index in [0.717, 1.165) is 5.56 Å². The Morgan fingerprint density at radius 2 is 1.76 bits per heavy atom. The Morgan fingerprint density at radius 3 is 2.38 bits per heavy atom. The highest BCUT2D eigenvalue weighted by Crippen LogP contribution is 2.11. The van der Waals surface area contributed by atoms with E-state index in [1.807, 2.05) is 36.4 Å². The summed E-state index contributed by atoms with van der Waals surface area (Å²) in [6, 6.07) is 14.2. The van der Waals surface area contributed by atoms with E-state index in [-0.39, 0.29) is 25.4 Å². The SMILES string of the molecule is CC(=O)N[C@@H](COCc1ccccc1)C(=O)NC(CC(N)C#N)C(=O)/C=C/c1ccc(O)cc1. The van der Waals surface area contributed by atoms with E-state index in [1.54, 1.807) is 12.1 Å². The van der Waals surface area contributed by atoms with Gasteiger partial charge in [0.05, 0.1) is 31.4 Å². The predicted octanol–water partition coefficient (Wildman–Crippen LogP) is 1.42. The molecule has 0 fully saturated rings. The fourth-order valence-corrected chi connectivity index (χ4v) is 3.00. The van der Waals surface area contributed by atoms with E-state index < -0.39 is 35.7 Å². The molecule has 34 heavy (non-hydrogen) atoms. The van der Waals surface area contributed by atoms with Crippen LogP contribution in [-0.4, -0.2) is 47.4 Å². The van der Waals surface area contributed by atoms with Crippen LogP contribution in [0.15, 0.2) is 60.7 Å². The third-order valence-corrected chi connectivity index (χ3v) is 4.74. The minimum Gasteiger partial charge on any atom is -0.508 e. The van der Waals surface area contributed by atoms with E-state index in [2.05, 4.69) is 10.6 Å². The molecule has 0 spiro atoms. The molecule has 0 aliphatic rings. The number of aromatic hydroxyl groups is 1. The van der Waals surface area contributed by atoms with Gasteiger partial charge in [-0.05, 0) is 29.3 Å². The van der Waals surface area contributed by atoms with Crippen molar-refractivity contribution in [3.05, 3.63) is 71.8 Å². The second kappa shape index (κ2) is 13.5. The van der Waals surface area contributed by atoms with Crippen LogP contribution in [0.2, 0.25) is 0 Å². The van der Waals surface area contributed by atoms with Crippen LogP contribution in [0.5, 0.6) is 5.75 Å². The number of ether oxygens (including phenoxy) is 1. The van der Waals surface area contributed by atoms with Gasteiger partial charge in [-0.1, -0.05) is 48.5 Å². The van der Waals surface area contributed by atoms with Crippen LogP contribution in [0.4, 0.5) is 0 Å². The normalized spacial score (nSPS) is 13.4. The Hall–Kier alpha value is -4.00. The molecule has 0 bridgehead atoms. The first-order chi connectivity index (χ1) is 16.3. The third-order valence-electron chi connectivity index (χ3n) is 4.74. The van der Waals surface area contributed by atoms with Gasteiger partial charge in [-0.2, -0.15) is 5.26 Å². The smallest absolute Gasteiger partial charge is 0.245 e. The number of rotatable bonds is 12. The lowest BCUT2D eigenvalue weighted by molar-refractivity contribution is -0.131. The van der Waals surface area contributed by atoms with E-state index in [0.29, 0.717) is 5.56 Å². The number of carbonyl (C=O) groups is 3. The summed E-state index contributed by atoms with van der Waals surface area (Å²) in [4.78, 5) is 37.3. The third kappa shape index (κ3) is 9.24. The number of nitrogens with two attached hydrogens (primary N) is 1. The highest BCUT2D eigenvalue weighted by molar-refractivity contribution is 6.00. The second-order valence-electron chi connectivity index (χ2n) is 7.61. The fourth-order valence-electron chi connectivity index (χ4n) is 3.00. The van der Waals surface area contributed by atoms with Crippen LogP contribution < -0.4 is 16.4 Å². The molecule has 0 aliphatic heterocycles. The average Bonchev–Trinajstić information content (AvgIpc) is 2.82. The zero-order valence-electron chi connectivity index (χ0n) is 18.8. The first-order valence-corrected chi connectivity index (χ1v) is 10.6. The number of nitrogens with one attached hydrogen (secondary N) is 2. The van der Waals surface area contributed by atoms with E-state index >= 15 is 0 Å². The molecule has 0 aromatic heterocycles. The summed E-state index contributed by atoms with van der Waals surface area (Å²) in [6.07, 6.45) is 2.67. The van der Waals surface area contributed by atoms with Gasteiger partial charge in [0.15, 0.2) is 5.78 Å². The average molecular weight is 465 g/mol. The Kier molecular flexibility index (Phi) is 10.4. The maximum Gasteiger partial charge on any atom is 0.245 e. The molecular weight excluding hydrogens is 436 g/mol. The number of benzene rings is 2. The molecular formula is C25H28N4O5. The lowest BCUT2D eigenvalue weighted by Crippen LogP contribution is -2.53. The number of nitriles is 1. The van der Waals surface area contributed by atoms with E-state index in [9.17, 15) is 19.5 Å². The maximum atomic E-state index is 12.9. The molecule has 2 rings (SSSR count). The zero-order valence-corrected chi connectivity index (χ0v) is 18.8. The van der Waals surface area contributed by atoms with Crippen molar-refractivity contribution in [2.75, 3.05) is 6.61 Å². The quantitative estimate of drug-likeness (QED) is 0.346. The van der Waals surface area contributed by atoms with Crippen molar-refractivity contribution >= 4 is 23.7 Å². The lowest BCUT2D eigenvalue weighted by atomic mass is 10.0. The Bertz CT molecular complexity index is 1030. The van der Waals surface area contributed by atoms with E-state index in [1.165, 1.54) is 31.2 Å². The van der Waals surface area contributed by atoms with Gasteiger partial charge < -0.3 is 26.2 Å². The first kappa shape index (κ1) is 26.3. The molecule has 3 atom stereocenters. The first-order valence-electron chi connectivity index (χ1n) is 10.6. The van der Waals surface area contributed by atoms with Gasteiger partial charge in [0.25, 0.3) is 0 Å². The number of carbonyl (C=O) groups excluding carboxylic acids is 3. The molecule has 5 N–H and O–H groups in total. The van der Waals surface area contributed by atoms with Gasteiger partial charge in [-0.15, -0.1) is 0 Å². The van der Waals surface area contributed by atoms with Gasteiger partial charge in [0, 0.05) is 13.3 Å². The largest absolute Gasteiger partial charge is 0.508 e. The van der Waals surface area contributed by atoms with Crippen LogP contribution in [-0.2, 0) is 25.7 Å². The second-order valence-corrected chi connectivity index (χ2v) is 7.61. The molecule has 0 radical (unpaired) electrons. The van der Waals surface area contributed by atoms with Gasteiger partial charge in [0.1, 0.15) is 11.8 Å². The highest BCUT2D eigenvalue weighted by Gasteiger charge is 2.27. The predicted molar refractivity (Wildman–Crippen MR) is 126 cm³/mol. The number of ketones is 1. The van der Waals surface area contributed by atoms with Crippen molar-refractivity contribution in [3.8, 4) is 11.8 Å². The zero-order chi connectivity index (χ0) is 24.9. The Morgan fingerprint density at radius 1 is 1.09 bits per heavy atom. The van der Waals surface area contributed by atoms with Gasteiger partial charge in [0.2, 0.25) is 11.8 Å². The highest BCUT2D eigenvalue weighted by atomic mass is 16.5. The summed E-state index contributed by atoms with van der Waals surface area (Å²) >= 11 is 0. The minimum atomic E-state index is -1.08. The van der Waals surface area contributed by atoms with Crippen LogP contribution >= 0.6 is 0 Å². The van der Waals surface area contributed by atoms with Crippen molar-refractivity contribution in [2.24, 2.45) is 5.73 Å². The number of nitrogens with zero attached hydrogens (tertiary/aromatic N) is 1. The number of amides is 2. The summed E-state index contributed by atoms with van der Waals surface area (Å²) < 4.78 is 5.59. The molecule has 9 nitrogen and oxygen atoms in total. The molecule has 2 aromatic rings. The Labute approximate surface area is 198 Å². The molecule has 0 heterocycles. The fraction of sp³-hybridized carbons (Fsp3) is 0.280. The summed E-state index contributed by atoms with van der Waals surface area (Å²) in [5, 5.41) is 23.5. The van der Waals surface area contributed by atoms with Crippen molar-refractivity contribution in [1.29, 1.82) is 5.26 Å². The number of phenolic OH excluding ortho intramolecular Hbond substituents is 1. The molecule has 0 aliphatic carbocycles. The molecule has 0 saturated carbocycles. The van der Waals surface area contributed by atoms with Gasteiger partial charge in [-0.3, -0.25) is 14.4 Å². The summed E-state index contributed by atoms with van der Waals surface area (Å²) in [7, 11) is 0. The number of hydrogen-bond acceptors (Lipinski definition) is 7. The van der Waals surface area contributed by atoms with Crippen LogP contribution in [0, 0.1) is 11.3 Å². The maximum absolute atomic E-state index is 12.9. The van der Waals surface area contributed by atoms with Gasteiger partial charge in [-0.25, -0.2) is 0 Å². The Balaban J connectivity index is 2.08. The topological polar surface area (TPSA) is 155 Å². The van der Waals surface area contributed by atoms with Crippen LogP contribution in [0.3, 0.4) is 0 Å². The summed E-state index contributed by atoms with van der Waals surface area (Å²) in [6.45, 7) is 1.39. The van der Waals surface area contributed by atoms with Crippen molar-refractivity contribution in [3.63, 3.8) is 0 Å². The standard InChI is InChI=1S/C25H28N4O5/c1-17(30)28-23(16-34-15-19-5-3-2-4-6-19)25(33)29-22(13-20(27)14-26)24(32)12-9-18-7-10-21(31)11-8-18/h2-12,20,22-23,31H,13,15-16,27H2,1H3,(H,28,30)(H,29,33)/b12-9+/t20?,22?,23-/m0/s1. The summed E-state index contributed by atoms with van der Waals surface area (Å²) in [5.74, 6) is -1.46. The molecule has 0 saturated heterocycles. The summed E-state index contributed by atoms with van der Waals surface area (Å²) in [5.41, 5.74) is 7.26. The van der Waals surface area contributed by atoms with E-state index in [4.69, 9.17) is 15.7 Å². The number of phenols is 1. The minimum absolute atomic E-state index is 0.0899. The molecule has 2 unspecified atom stereocenters. The van der Waals surface area contributed by atoms with Crippen LogP contribution in [0.1, 0.15) is 24.5 Å². The molecule has 9 heteroatoms. The van der Waals surface area contributed by atoms with Crippen molar-refractivity contribution in [2.45, 2.75) is 38.1 Å². The van der Waals surface area contributed by atoms with Crippen LogP contribution in [0.25, 0.3) is 6.08 Å². The van der Waals surface area contributed by atoms with Crippen molar-refractivity contribution < 1.29 is 24.2 Å². The molecule has 2 aromatic carbocycles.